The minimum absolute atomic E-state index is 0.218. The molecule has 2 aromatic rings. The van der Waals surface area contributed by atoms with E-state index >= 15 is 0 Å². The number of methoxy groups -OCH3 is 2. The lowest BCUT2D eigenvalue weighted by molar-refractivity contribution is 0.352. The zero-order valence-corrected chi connectivity index (χ0v) is 14.7. The summed E-state index contributed by atoms with van der Waals surface area (Å²) in [5, 5.41) is 4.75. The molecule has 0 saturated carbocycles. The summed E-state index contributed by atoms with van der Waals surface area (Å²) in [6.07, 6.45) is 1.83. The van der Waals surface area contributed by atoms with Crippen molar-refractivity contribution in [3.8, 4) is 11.5 Å². The number of nitrogens with one attached hydrogen (secondary N) is 1. The Morgan fingerprint density at radius 3 is 2.48 bits per heavy atom. The van der Waals surface area contributed by atoms with E-state index in [1.807, 2.05) is 18.2 Å². The lowest BCUT2D eigenvalue weighted by atomic mass is 9.90. The van der Waals surface area contributed by atoms with Gasteiger partial charge in [-0.3, -0.25) is 0 Å². The highest BCUT2D eigenvalue weighted by atomic mass is 35.5. The second kappa shape index (κ2) is 7.00. The van der Waals surface area contributed by atoms with Crippen molar-refractivity contribution in [3.05, 3.63) is 57.1 Å². The van der Waals surface area contributed by atoms with E-state index in [2.05, 4.69) is 17.4 Å². The Hall–Kier alpha value is -1.42. The quantitative estimate of drug-likeness (QED) is 0.883. The molecule has 0 aromatic heterocycles. The lowest BCUT2D eigenvalue weighted by Gasteiger charge is -2.28. The molecule has 0 aliphatic carbocycles. The fraction of sp³-hybridized carbons (Fsp3) is 0.333. The first-order valence-corrected chi connectivity index (χ1v) is 8.30. The number of fused-ring (bicyclic) bond motifs is 1. The van der Waals surface area contributed by atoms with Crippen molar-refractivity contribution in [1.29, 1.82) is 0 Å². The van der Waals surface area contributed by atoms with Crippen LogP contribution in [-0.2, 0) is 12.8 Å². The van der Waals surface area contributed by atoms with Gasteiger partial charge in [0.1, 0.15) is 0 Å². The predicted octanol–water partition coefficient (Wildman–Crippen LogP) is 4.44. The maximum atomic E-state index is 6.13. The van der Waals surface area contributed by atoms with E-state index < -0.39 is 0 Å². The molecule has 23 heavy (non-hydrogen) atoms. The summed E-state index contributed by atoms with van der Waals surface area (Å²) in [6.45, 7) is 0.939. The van der Waals surface area contributed by atoms with Crippen LogP contribution in [0, 0.1) is 0 Å². The summed E-state index contributed by atoms with van der Waals surface area (Å²) >= 11 is 12.1. The fourth-order valence-corrected chi connectivity index (χ4v) is 3.37. The van der Waals surface area contributed by atoms with Gasteiger partial charge in [-0.15, -0.1) is 0 Å². The van der Waals surface area contributed by atoms with E-state index in [1.54, 1.807) is 14.2 Å². The monoisotopic (exact) mass is 351 g/mol. The summed E-state index contributed by atoms with van der Waals surface area (Å²) < 4.78 is 10.9. The molecule has 0 fully saturated rings. The number of hydrogen-bond acceptors (Lipinski definition) is 3. The van der Waals surface area contributed by atoms with Gasteiger partial charge in [0, 0.05) is 6.04 Å². The number of rotatable bonds is 4. The molecule has 1 aliphatic rings. The van der Waals surface area contributed by atoms with Crippen molar-refractivity contribution in [1.82, 2.24) is 5.32 Å². The Balaban J connectivity index is 1.92. The Kier molecular flexibility index (Phi) is 5.00. The zero-order chi connectivity index (χ0) is 16.4. The van der Waals surface area contributed by atoms with Crippen LogP contribution in [0.2, 0.25) is 10.0 Å². The summed E-state index contributed by atoms with van der Waals surface area (Å²) in [7, 11) is 3.33. The van der Waals surface area contributed by atoms with Crippen molar-refractivity contribution < 1.29 is 9.47 Å². The molecule has 0 radical (unpaired) electrons. The van der Waals surface area contributed by atoms with E-state index in [1.165, 1.54) is 11.1 Å². The molecule has 0 spiro atoms. The van der Waals surface area contributed by atoms with Crippen molar-refractivity contribution in [3.63, 3.8) is 0 Å². The highest BCUT2D eigenvalue weighted by Crippen LogP contribution is 2.36. The molecule has 1 unspecified atom stereocenters. The summed E-state index contributed by atoms with van der Waals surface area (Å²) in [4.78, 5) is 0. The van der Waals surface area contributed by atoms with E-state index in [9.17, 15) is 0 Å². The molecule has 3 nitrogen and oxygen atoms in total. The molecule has 5 heteroatoms. The summed E-state index contributed by atoms with van der Waals surface area (Å²) in [5.41, 5.74) is 3.70. The normalized spacial score (nSPS) is 16.8. The Labute approximate surface area is 146 Å². The zero-order valence-electron chi connectivity index (χ0n) is 13.2. The van der Waals surface area contributed by atoms with Crippen LogP contribution < -0.4 is 14.8 Å². The van der Waals surface area contributed by atoms with Crippen LogP contribution in [0.15, 0.2) is 30.3 Å². The Morgan fingerprint density at radius 1 is 1.04 bits per heavy atom. The van der Waals surface area contributed by atoms with Gasteiger partial charge in [0.05, 0.1) is 24.3 Å². The number of hydrogen-bond donors (Lipinski definition) is 1. The van der Waals surface area contributed by atoms with Gasteiger partial charge in [-0.05, 0) is 60.3 Å². The smallest absolute Gasteiger partial charge is 0.161 e. The van der Waals surface area contributed by atoms with Gasteiger partial charge in [0.15, 0.2) is 11.5 Å². The topological polar surface area (TPSA) is 30.5 Å². The third kappa shape index (κ3) is 3.42. The maximum Gasteiger partial charge on any atom is 0.161 e. The van der Waals surface area contributed by atoms with Crippen molar-refractivity contribution >= 4 is 23.2 Å². The van der Waals surface area contributed by atoms with Crippen LogP contribution in [0.25, 0.3) is 0 Å². The standard InChI is InChI=1S/C18H19Cl2NO2/c1-22-17-9-12-5-6-21-16(13(12)10-18(17)23-2)8-11-3-4-14(19)15(20)7-11/h3-4,7,9-10,16,21H,5-6,8H2,1-2H3. The SMILES string of the molecule is COc1cc2c(cc1OC)C(Cc1ccc(Cl)c(Cl)c1)NCC2. The van der Waals surface area contributed by atoms with Gasteiger partial charge in [0.25, 0.3) is 0 Å². The molecular weight excluding hydrogens is 333 g/mol. The molecule has 3 rings (SSSR count). The molecule has 1 N–H and O–H groups in total. The average Bonchev–Trinajstić information content (AvgIpc) is 2.57. The van der Waals surface area contributed by atoms with Gasteiger partial charge in [0.2, 0.25) is 0 Å². The van der Waals surface area contributed by atoms with Crippen LogP contribution in [0.1, 0.15) is 22.7 Å². The minimum atomic E-state index is 0.218. The predicted molar refractivity (Wildman–Crippen MR) is 94.2 cm³/mol. The Morgan fingerprint density at radius 2 is 1.78 bits per heavy atom. The first-order valence-electron chi connectivity index (χ1n) is 7.54. The van der Waals surface area contributed by atoms with Crippen LogP contribution >= 0.6 is 23.2 Å². The second-order valence-electron chi connectivity index (χ2n) is 5.62. The second-order valence-corrected chi connectivity index (χ2v) is 6.43. The van der Waals surface area contributed by atoms with Crippen LogP contribution in [0.3, 0.4) is 0 Å². The summed E-state index contributed by atoms with van der Waals surface area (Å²) in [5.74, 6) is 1.54. The maximum absolute atomic E-state index is 6.13. The van der Waals surface area contributed by atoms with Crippen LogP contribution in [0.4, 0.5) is 0 Å². The largest absolute Gasteiger partial charge is 0.493 e. The first kappa shape index (κ1) is 16.4. The third-order valence-electron chi connectivity index (χ3n) is 4.23. The molecule has 122 valence electrons. The lowest BCUT2D eigenvalue weighted by Crippen LogP contribution is -2.31. The third-order valence-corrected chi connectivity index (χ3v) is 4.97. The van der Waals surface area contributed by atoms with Gasteiger partial charge in [-0.2, -0.15) is 0 Å². The number of benzene rings is 2. The average molecular weight is 352 g/mol. The minimum Gasteiger partial charge on any atom is -0.493 e. The highest BCUT2D eigenvalue weighted by Gasteiger charge is 2.23. The van der Waals surface area contributed by atoms with E-state index in [4.69, 9.17) is 32.7 Å². The van der Waals surface area contributed by atoms with Crippen LogP contribution in [-0.4, -0.2) is 20.8 Å². The number of ether oxygens (including phenoxy) is 2. The molecule has 1 heterocycles. The summed E-state index contributed by atoms with van der Waals surface area (Å²) in [6, 6.07) is 10.2. The highest BCUT2D eigenvalue weighted by molar-refractivity contribution is 6.42. The van der Waals surface area contributed by atoms with E-state index in [0.717, 1.165) is 36.4 Å². The Bertz CT molecular complexity index is 718. The van der Waals surface area contributed by atoms with Crippen LogP contribution in [0.5, 0.6) is 11.5 Å². The van der Waals surface area contributed by atoms with Gasteiger partial charge in [-0.25, -0.2) is 0 Å². The van der Waals surface area contributed by atoms with Gasteiger partial charge >= 0.3 is 0 Å². The van der Waals surface area contributed by atoms with Crippen molar-refractivity contribution in [2.45, 2.75) is 18.9 Å². The van der Waals surface area contributed by atoms with Crippen molar-refractivity contribution in [2.75, 3.05) is 20.8 Å². The molecule has 1 atom stereocenters. The van der Waals surface area contributed by atoms with Crippen molar-refractivity contribution in [2.24, 2.45) is 0 Å². The van der Waals surface area contributed by atoms with Gasteiger partial charge < -0.3 is 14.8 Å². The number of halogens is 2. The molecule has 1 aliphatic heterocycles. The van der Waals surface area contributed by atoms with E-state index in [0.29, 0.717) is 10.0 Å². The molecule has 2 aromatic carbocycles. The first-order chi connectivity index (χ1) is 11.1. The van der Waals surface area contributed by atoms with E-state index in [-0.39, 0.29) is 6.04 Å². The molecule has 0 amide bonds. The molecular formula is C18H19Cl2NO2. The molecule has 0 bridgehead atoms. The fourth-order valence-electron chi connectivity index (χ4n) is 3.05. The van der Waals surface area contributed by atoms with Gasteiger partial charge in [-0.1, -0.05) is 29.3 Å². The molecule has 0 saturated heterocycles.